The summed E-state index contributed by atoms with van der Waals surface area (Å²) in [5, 5.41) is 11.9. The second-order valence-electron chi connectivity index (χ2n) is 8.01. The van der Waals surface area contributed by atoms with E-state index in [1.165, 1.54) is 11.8 Å². The first-order chi connectivity index (χ1) is 18.1. The maximum absolute atomic E-state index is 12.7. The number of nitrogens with one attached hydrogen (secondary N) is 3. The molecule has 192 valence electrons. The molecule has 5 rings (SSSR count). The molecule has 0 saturated heterocycles. The van der Waals surface area contributed by atoms with Crippen molar-refractivity contribution < 1.29 is 4.79 Å². The quantitative estimate of drug-likeness (QED) is 0.178. The van der Waals surface area contributed by atoms with Crippen LogP contribution in [0.1, 0.15) is 55.7 Å². The summed E-state index contributed by atoms with van der Waals surface area (Å²) in [4.78, 5) is 22.5. The van der Waals surface area contributed by atoms with Crippen LogP contribution < -0.4 is 11.1 Å². The van der Waals surface area contributed by atoms with Crippen LogP contribution in [0, 0.1) is 5.41 Å². The van der Waals surface area contributed by atoms with E-state index in [1.54, 1.807) is 12.3 Å². The molecule has 1 amide bonds. The zero-order chi connectivity index (χ0) is 26.8. The lowest BCUT2D eigenvalue weighted by Crippen LogP contribution is -2.34. The number of rotatable bonds is 5. The van der Waals surface area contributed by atoms with E-state index in [0.29, 0.717) is 29.9 Å². The molecule has 2 aromatic heterocycles. The molecule has 0 spiro atoms. The van der Waals surface area contributed by atoms with E-state index in [0.717, 1.165) is 34.5 Å². The third-order valence-corrected chi connectivity index (χ3v) is 5.92. The number of nitrogens with two attached hydrogens (primary N) is 1. The van der Waals surface area contributed by atoms with Crippen LogP contribution in [0.5, 0.6) is 0 Å². The first kappa shape index (κ1) is 27.2. The van der Waals surface area contributed by atoms with E-state index in [2.05, 4.69) is 27.4 Å². The van der Waals surface area contributed by atoms with Crippen molar-refractivity contribution in [1.82, 2.24) is 14.9 Å². The van der Waals surface area contributed by atoms with Crippen molar-refractivity contribution in [3.05, 3.63) is 89.8 Å². The highest BCUT2D eigenvalue weighted by Crippen LogP contribution is 2.31. The maximum atomic E-state index is 12.7. The zero-order valence-corrected chi connectivity index (χ0v) is 22.0. The largest absolute Gasteiger partial charge is 0.398 e. The number of aromatic nitrogens is 2. The van der Waals surface area contributed by atoms with Gasteiger partial charge in [0.15, 0.2) is 0 Å². The smallest absolute Gasteiger partial charge is 0.254 e. The molecule has 0 aliphatic carbocycles. The lowest BCUT2D eigenvalue weighted by molar-refractivity contribution is 0.0773. The van der Waals surface area contributed by atoms with Crippen molar-refractivity contribution in [1.29, 1.82) is 5.41 Å². The first-order valence-corrected chi connectivity index (χ1v) is 12.8. The summed E-state index contributed by atoms with van der Waals surface area (Å²) in [6, 6.07) is 19.0. The standard InChI is InChI=1S/C26H24N6O.2C2H6/c27-16-19-14-20(6-7-22(19)28)30-23-8-11-29-25-21(23)15-24(31-25)17-9-12-32(13-10-17)26(33)18-4-2-1-3-5-18;2*1-2/h1-9,11,14-16,27H,10,12-13,28H2,(H2,29,30,31);2*1-2H3. The van der Waals surface area contributed by atoms with E-state index in [9.17, 15) is 4.79 Å². The normalized spacial score (nSPS) is 12.4. The Morgan fingerprint density at radius 1 is 1.08 bits per heavy atom. The molecule has 1 aliphatic heterocycles. The number of fused-ring (bicyclic) bond motifs is 1. The van der Waals surface area contributed by atoms with Gasteiger partial charge in [0.05, 0.1) is 5.69 Å². The van der Waals surface area contributed by atoms with Crippen LogP contribution in [0.25, 0.3) is 16.6 Å². The van der Waals surface area contributed by atoms with Gasteiger partial charge >= 0.3 is 0 Å². The number of nitrogens with zero attached hydrogens (tertiary/aromatic N) is 2. The number of hydrogen-bond donors (Lipinski definition) is 4. The summed E-state index contributed by atoms with van der Waals surface area (Å²) in [5.74, 6) is 0.0588. The fourth-order valence-electron chi connectivity index (χ4n) is 4.10. The van der Waals surface area contributed by atoms with E-state index in [-0.39, 0.29) is 5.91 Å². The van der Waals surface area contributed by atoms with Crippen LogP contribution in [-0.4, -0.2) is 40.1 Å². The molecule has 3 heterocycles. The van der Waals surface area contributed by atoms with Crippen molar-refractivity contribution in [2.75, 3.05) is 24.1 Å². The van der Waals surface area contributed by atoms with Crippen LogP contribution in [-0.2, 0) is 0 Å². The van der Waals surface area contributed by atoms with Gasteiger partial charge in [0, 0.05) is 59.1 Å². The Balaban J connectivity index is 0.000000907. The van der Waals surface area contributed by atoms with Crippen LogP contribution in [0.2, 0.25) is 0 Å². The Morgan fingerprint density at radius 2 is 1.84 bits per heavy atom. The molecule has 5 N–H and O–H groups in total. The van der Waals surface area contributed by atoms with Crippen molar-refractivity contribution in [2.45, 2.75) is 34.1 Å². The number of nitrogen functional groups attached to an aromatic ring is 1. The van der Waals surface area contributed by atoms with Crippen LogP contribution >= 0.6 is 0 Å². The molecule has 7 nitrogen and oxygen atoms in total. The number of pyridine rings is 1. The molecule has 0 radical (unpaired) electrons. The summed E-state index contributed by atoms with van der Waals surface area (Å²) >= 11 is 0. The van der Waals surface area contributed by atoms with E-state index in [1.807, 2.05) is 81.1 Å². The average molecular weight is 497 g/mol. The highest BCUT2D eigenvalue weighted by Gasteiger charge is 2.20. The van der Waals surface area contributed by atoms with Crippen molar-refractivity contribution in [3.8, 4) is 0 Å². The van der Waals surface area contributed by atoms with Gasteiger partial charge in [0.2, 0.25) is 0 Å². The van der Waals surface area contributed by atoms with Crippen LogP contribution in [0.3, 0.4) is 0 Å². The van der Waals surface area contributed by atoms with E-state index >= 15 is 0 Å². The van der Waals surface area contributed by atoms with Gasteiger partial charge in [-0.15, -0.1) is 0 Å². The molecule has 0 bridgehead atoms. The minimum atomic E-state index is 0.0588. The molecule has 2 aromatic carbocycles. The molecule has 0 saturated carbocycles. The Morgan fingerprint density at radius 3 is 2.51 bits per heavy atom. The van der Waals surface area contributed by atoms with Gasteiger partial charge in [-0.05, 0) is 54.5 Å². The highest BCUT2D eigenvalue weighted by molar-refractivity contribution is 5.96. The minimum absolute atomic E-state index is 0.0588. The molecule has 4 aromatic rings. The van der Waals surface area contributed by atoms with Gasteiger partial charge in [-0.2, -0.15) is 0 Å². The van der Waals surface area contributed by atoms with Crippen molar-refractivity contribution >= 4 is 45.8 Å². The Labute approximate surface area is 218 Å². The molecule has 0 unspecified atom stereocenters. The van der Waals surface area contributed by atoms with E-state index in [4.69, 9.17) is 11.1 Å². The number of carbonyl (C=O) groups excluding carboxylic acids is 1. The van der Waals surface area contributed by atoms with Crippen molar-refractivity contribution in [3.63, 3.8) is 0 Å². The van der Waals surface area contributed by atoms with Crippen LogP contribution in [0.4, 0.5) is 17.1 Å². The SMILES string of the molecule is CC.CC.N=Cc1cc(Nc2ccnc3[nH]c(C4=CCN(C(=O)c5ccccc5)CC4)cc23)ccc1N. The lowest BCUT2D eigenvalue weighted by atomic mass is 10.0. The number of amides is 1. The Bertz CT molecular complexity index is 1370. The predicted octanol–water partition coefficient (Wildman–Crippen LogP) is 6.87. The van der Waals surface area contributed by atoms with Gasteiger partial charge < -0.3 is 26.3 Å². The number of hydrogen-bond acceptors (Lipinski definition) is 5. The Kier molecular flexibility index (Phi) is 9.61. The molecule has 1 aliphatic rings. The van der Waals surface area contributed by atoms with Crippen LogP contribution in [0.15, 0.2) is 72.9 Å². The molecular formula is C30H36N6O. The number of aromatic amines is 1. The van der Waals surface area contributed by atoms with Gasteiger partial charge in [0.25, 0.3) is 5.91 Å². The molecule has 7 heteroatoms. The molecule has 0 atom stereocenters. The predicted molar refractivity (Wildman–Crippen MR) is 156 cm³/mol. The average Bonchev–Trinajstić information content (AvgIpc) is 3.42. The Hall–Kier alpha value is -4.39. The van der Waals surface area contributed by atoms with Gasteiger partial charge in [-0.25, -0.2) is 4.98 Å². The second kappa shape index (κ2) is 13.1. The maximum Gasteiger partial charge on any atom is 0.254 e. The van der Waals surface area contributed by atoms with Crippen molar-refractivity contribution in [2.24, 2.45) is 0 Å². The number of H-pyrrole nitrogens is 1. The van der Waals surface area contributed by atoms with E-state index < -0.39 is 0 Å². The highest BCUT2D eigenvalue weighted by atomic mass is 16.2. The second-order valence-corrected chi connectivity index (χ2v) is 8.01. The summed E-state index contributed by atoms with van der Waals surface area (Å²) in [6.07, 6.45) is 5.89. The number of carbonyl (C=O) groups is 1. The van der Waals surface area contributed by atoms with Gasteiger partial charge in [0.1, 0.15) is 5.65 Å². The number of benzene rings is 2. The topological polar surface area (TPSA) is 111 Å². The third kappa shape index (κ3) is 6.25. The first-order valence-electron chi connectivity index (χ1n) is 12.8. The lowest BCUT2D eigenvalue weighted by Gasteiger charge is -2.26. The molecule has 0 fully saturated rings. The van der Waals surface area contributed by atoms with Gasteiger partial charge in [-0.3, -0.25) is 4.79 Å². The fraction of sp³-hybridized carbons (Fsp3) is 0.233. The molecular weight excluding hydrogens is 460 g/mol. The summed E-state index contributed by atoms with van der Waals surface area (Å²) < 4.78 is 0. The summed E-state index contributed by atoms with van der Waals surface area (Å²) in [7, 11) is 0. The molecule has 37 heavy (non-hydrogen) atoms. The van der Waals surface area contributed by atoms with Gasteiger partial charge in [-0.1, -0.05) is 52.0 Å². The zero-order valence-electron chi connectivity index (χ0n) is 22.0. The summed E-state index contributed by atoms with van der Waals surface area (Å²) in [6.45, 7) is 9.25. The monoisotopic (exact) mass is 496 g/mol. The minimum Gasteiger partial charge on any atom is -0.398 e. The summed E-state index contributed by atoms with van der Waals surface area (Å²) in [5.41, 5.74) is 12.6. The third-order valence-electron chi connectivity index (χ3n) is 5.92. The fourth-order valence-corrected chi connectivity index (χ4v) is 4.10. The number of anilines is 3.